The number of nitrogens with zero attached hydrogens (tertiary/aromatic N) is 2. The fourth-order valence-corrected chi connectivity index (χ4v) is 5.20. The molecule has 1 N–H and O–H groups in total. The van der Waals surface area contributed by atoms with Gasteiger partial charge in [-0.25, -0.2) is 8.42 Å². The van der Waals surface area contributed by atoms with Gasteiger partial charge < -0.3 is 9.84 Å². The summed E-state index contributed by atoms with van der Waals surface area (Å²) < 4.78 is 28.8. The number of hydrogen-bond acceptors (Lipinski definition) is 6. The van der Waals surface area contributed by atoms with Crippen LogP contribution in [0.5, 0.6) is 5.75 Å². The van der Waals surface area contributed by atoms with Crippen LogP contribution in [0, 0.1) is 0 Å². The summed E-state index contributed by atoms with van der Waals surface area (Å²) in [7, 11) is -2.82. The SMILES string of the molecule is O=S1(=O)CC[C@@H](N2CCN(C[C@H](O)COc3ccccc3)CC2)C1. The van der Waals surface area contributed by atoms with Crippen molar-refractivity contribution >= 4 is 9.84 Å². The molecule has 0 bridgehead atoms. The van der Waals surface area contributed by atoms with Crippen LogP contribution >= 0.6 is 0 Å². The minimum Gasteiger partial charge on any atom is -0.491 e. The minimum atomic E-state index is -2.82. The molecule has 0 radical (unpaired) electrons. The molecule has 3 rings (SSSR count). The lowest BCUT2D eigenvalue weighted by molar-refractivity contribution is 0.0389. The second-order valence-corrected chi connectivity index (χ2v) is 8.90. The van der Waals surface area contributed by atoms with Crippen molar-refractivity contribution in [3.63, 3.8) is 0 Å². The van der Waals surface area contributed by atoms with Gasteiger partial charge in [-0.2, -0.15) is 0 Å². The summed E-state index contributed by atoms with van der Waals surface area (Å²) in [6, 6.07) is 9.68. The highest BCUT2D eigenvalue weighted by Gasteiger charge is 2.33. The first kappa shape index (κ1) is 17.7. The van der Waals surface area contributed by atoms with Gasteiger partial charge in [-0.3, -0.25) is 9.80 Å². The van der Waals surface area contributed by atoms with Crippen LogP contribution in [0.15, 0.2) is 30.3 Å². The molecule has 6 nitrogen and oxygen atoms in total. The standard InChI is InChI=1S/C17H26N2O4S/c20-16(13-23-17-4-2-1-3-5-17)12-18-7-9-19(10-8-18)15-6-11-24(21,22)14-15/h1-5,15-16,20H,6-14H2/t15-,16+/m1/s1. The van der Waals surface area contributed by atoms with Gasteiger partial charge in [-0.1, -0.05) is 18.2 Å². The highest BCUT2D eigenvalue weighted by Crippen LogP contribution is 2.19. The Morgan fingerprint density at radius 1 is 1.17 bits per heavy atom. The summed E-state index contributed by atoms with van der Waals surface area (Å²) in [6.45, 7) is 4.32. The van der Waals surface area contributed by atoms with Gasteiger partial charge in [-0.05, 0) is 18.6 Å². The van der Waals surface area contributed by atoms with E-state index in [2.05, 4.69) is 9.80 Å². The average Bonchev–Trinajstić information content (AvgIpc) is 2.95. The lowest BCUT2D eigenvalue weighted by Crippen LogP contribution is -2.52. The first-order valence-electron chi connectivity index (χ1n) is 8.54. The van der Waals surface area contributed by atoms with E-state index in [9.17, 15) is 13.5 Å². The summed E-state index contributed by atoms with van der Waals surface area (Å²) in [4.78, 5) is 4.51. The van der Waals surface area contributed by atoms with E-state index in [1.54, 1.807) is 0 Å². The predicted octanol–water partition coefficient (Wildman–Crippen LogP) is 0.231. The molecule has 0 amide bonds. The Balaban J connectivity index is 1.37. The van der Waals surface area contributed by atoms with Crippen molar-refractivity contribution in [3.8, 4) is 5.75 Å². The number of benzene rings is 1. The molecule has 0 spiro atoms. The fraction of sp³-hybridized carbons (Fsp3) is 0.647. The molecule has 2 atom stereocenters. The molecular formula is C17H26N2O4S. The van der Waals surface area contributed by atoms with E-state index in [0.717, 1.165) is 38.3 Å². The van der Waals surface area contributed by atoms with Crippen molar-refractivity contribution in [1.82, 2.24) is 9.80 Å². The number of hydrogen-bond donors (Lipinski definition) is 1. The molecule has 134 valence electrons. The topological polar surface area (TPSA) is 70.1 Å². The molecule has 2 saturated heterocycles. The predicted molar refractivity (Wildman–Crippen MR) is 93.0 cm³/mol. The van der Waals surface area contributed by atoms with E-state index in [1.165, 1.54) is 0 Å². The molecule has 2 aliphatic rings. The largest absolute Gasteiger partial charge is 0.491 e. The van der Waals surface area contributed by atoms with Crippen molar-refractivity contribution in [3.05, 3.63) is 30.3 Å². The molecule has 1 aromatic carbocycles. The molecule has 0 aliphatic carbocycles. The Bertz CT molecular complexity index is 615. The summed E-state index contributed by atoms with van der Waals surface area (Å²) in [5.41, 5.74) is 0. The quantitative estimate of drug-likeness (QED) is 0.789. The number of aliphatic hydroxyl groups excluding tert-OH is 1. The van der Waals surface area contributed by atoms with Crippen LogP contribution in [0.3, 0.4) is 0 Å². The van der Waals surface area contributed by atoms with Crippen LogP contribution < -0.4 is 4.74 Å². The van der Waals surface area contributed by atoms with E-state index >= 15 is 0 Å². The molecule has 0 unspecified atom stereocenters. The first-order valence-corrected chi connectivity index (χ1v) is 10.4. The molecule has 2 aliphatic heterocycles. The van der Waals surface area contributed by atoms with E-state index in [0.29, 0.717) is 18.1 Å². The van der Waals surface area contributed by atoms with Gasteiger partial charge in [0.1, 0.15) is 18.5 Å². The third-order valence-electron chi connectivity index (χ3n) is 4.79. The van der Waals surface area contributed by atoms with Gasteiger partial charge in [0.05, 0.1) is 11.5 Å². The molecule has 2 heterocycles. The number of para-hydroxylation sites is 1. The summed E-state index contributed by atoms with van der Waals surface area (Å²) in [6.07, 6.45) is 0.235. The molecule has 0 saturated carbocycles. The zero-order valence-electron chi connectivity index (χ0n) is 13.9. The molecule has 1 aromatic rings. The van der Waals surface area contributed by atoms with Crippen molar-refractivity contribution < 1.29 is 18.3 Å². The highest BCUT2D eigenvalue weighted by atomic mass is 32.2. The summed E-state index contributed by atoms with van der Waals surface area (Å²) in [5, 5.41) is 10.1. The fourth-order valence-electron chi connectivity index (χ4n) is 3.43. The van der Waals surface area contributed by atoms with Crippen LogP contribution in [0.1, 0.15) is 6.42 Å². The number of rotatable bonds is 6. The van der Waals surface area contributed by atoms with Crippen LogP contribution in [-0.4, -0.2) is 86.3 Å². The van der Waals surface area contributed by atoms with E-state index in [4.69, 9.17) is 4.74 Å². The monoisotopic (exact) mass is 354 g/mol. The van der Waals surface area contributed by atoms with Crippen molar-refractivity contribution in [2.45, 2.75) is 18.6 Å². The molecule has 0 aromatic heterocycles. The van der Waals surface area contributed by atoms with Crippen molar-refractivity contribution in [2.24, 2.45) is 0 Å². The lowest BCUT2D eigenvalue weighted by Gasteiger charge is -2.38. The maximum atomic E-state index is 11.6. The first-order chi connectivity index (χ1) is 11.5. The maximum Gasteiger partial charge on any atom is 0.151 e. The summed E-state index contributed by atoms with van der Waals surface area (Å²) >= 11 is 0. The second kappa shape index (κ2) is 7.82. The highest BCUT2D eigenvalue weighted by molar-refractivity contribution is 7.91. The zero-order chi connectivity index (χ0) is 17.0. The maximum absolute atomic E-state index is 11.6. The van der Waals surface area contributed by atoms with Gasteiger partial charge in [-0.15, -0.1) is 0 Å². The number of piperazine rings is 1. The van der Waals surface area contributed by atoms with Gasteiger partial charge in [0.2, 0.25) is 0 Å². The summed E-state index contributed by atoms with van der Waals surface area (Å²) in [5.74, 6) is 1.40. The van der Waals surface area contributed by atoms with Crippen LogP contribution in [-0.2, 0) is 9.84 Å². The van der Waals surface area contributed by atoms with E-state index in [1.807, 2.05) is 30.3 Å². The number of aliphatic hydroxyl groups is 1. The number of ether oxygens (including phenoxy) is 1. The Morgan fingerprint density at radius 2 is 1.88 bits per heavy atom. The average molecular weight is 354 g/mol. The Kier molecular flexibility index (Phi) is 5.76. The number of β-amino-alcohol motifs (C(OH)–C–C–N with tert-alkyl or cyclic N) is 1. The van der Waals surface area contributed by atoms with Crippen LogP contribution in [0.4, 0.5) is 0 Å². The third kappa shape index (κ3) is 4.92. The van der Waals surface area contributed by atoms with Gasteiger partial charge in [0.25, 0.3) is 0 Å². The molecule has 7 heteroatoms. The van der Waals surface area contributed by atoms with Crippen LogP contribution in [0.2, 0.25) is 0 Å². The van der Waals surface area contributed by atoms with Crippen LogP contribution in [0.25, 0.3) is 0 Å². The third-order valence-corrected chi connectivity index (χ3v) is 6.54. The normalized spacial score (nSPS) is 26.3. The Hall–Kier alpha value is -1.15. The zero-order valence-corrected chi connectivity index (χ0v) is 14.7. The Morgan fingerprint density at radius 3 is 2.50 bits per heavy atom. The smallest absolute Gasteiger partial charge is 0.151 e. The van der Waals surface area contributed by atoms with E-state index in [-0.39, 0.29) is 12.6 Å². The van der Waals surface area contributed by atoms with Crippen molar-refractivity contribution in [1.29, 1.82) is 0 Å². The molecule has 24 heavy (non-hydrogen) atoms. The minimum absolute atomic E-state index is 0.184. The second-order valence-electron chi connectivity index (χ2n) is 6.67. The van der Waals surface area contributed by atoms with Gasteiger partial charge >= 0.3 is 0 Å². The van der Waals surface area contributed by atoms with E-state index < -0.39 is 15.9 Å². The van der Waals surface area contributed by atoms with Gasteiger partial charge in [0, 0.05) is 38.8 Å². The molecule has 2 fully saturated rings. The van der Waals surface area contributed by atoms with Crippen molar-refractivity contribution in [2.75, 3.05) is 50.8 Å². The van der Waals surface area contributed by atoms with Gasteiger partial charge in [0.15, 0.2) is 9.84 Å². The Labute approximate surface area is 143 Å². The molecular weight excluding hydrogens is 328 g/mol. The lowest BCUT2D eigenvalue weighted by atomic mass is 10.2. The number of sulfone groups is 1.